The van der Waals surface area contributed by atoms with E-state index in [4.69, 9.17) is 0 Å². The SMILES string of the molecule is Cn1ccnc1CNC(=O)/C=C/c1ccc(-n2cc(Br)cn2)c(F)c1. The summed E-state index contributed by atoms with van der Waals surface area (Å²) < 4.78 is 18.3. The molecule has 8 heteroatoms. The topological polar surface area (TPSA) is 64.7 Å². The van der Waals surface area contributed by atoms with Crippen molar-refractivity contribution in [3.63, 3.8) is 0 Å². The third-order valence-corrected chi connectivity index (χ3v) is 3.95. The quantitative estimate of drug-likeness (QED) is 0.666. The van der Waals surface area contributed by atoms with Crippen molar-refractivity contribution in [2.75, 3.05) is 0 Å². The van der Waals surface area contributed by atoms with Gasteiger partial charge in [-0.25, -0.2) is 14.1 Å². The first-order valence-electron chi connectivity index (χ1n) is 7.45. The summed E-state index contributed by atoms with van der Waals surface area (Å²) in [5.41, 5.74) is 0.918. The van der Waals surface area contributed by atoms with Crippen LogP contribution in [0, 0.1) is 5.82 Å². The third kappa shape index (κ3) is 4.21. The highest BCUT2D eigenvalue weighted by Gasteiger charge is 2.07. The molecule has 25 heavy (non-hydrogen) atoms. The lowest BCUT2D eigenvalue weighted by molar-refractivity contribution is -0.116. The zero-order valence-electron chi connectivity index (χ0n) is 13.4. The number of aromatic nitrogens is 4. The molecule has 0 aliphatic carbocycles. The highest BCUT2D eigenvalue weighted by atomic mass is 79.9. The van der Waals surface area contributed by atoms with E-state index in [0.29, 0.717) is 17.8 Å². The van der Waals surface area contributed by atoms with E-state index in [9.17, 15) is 9.18 Å². The molecule has 0 bridgehead atoms. The first-order chi connectivity index (χ1) is 12.0. The maximum Gasteiger partial charge on any atom is 0.244 e. The fourth-order valence-electron chi connectivity index (χ4n) is 2.21. The first-order valence-corrected chi connectivity index (χ1v) is 8.24. The van der Waals surface area contributed by atoms with Gasteiger partial charge in [-0.1, -0.05) is 6.07 Å². The van der Waals surface area contributed by atoms with Crippen molar-refractivity contribution in [1.29, 1.82) is 0 Å². The molecular formula is C17H15BrFN5O. The van der Waals surface area contributed by atoms with Gasteiger partial charge in [0.1, 0.15) is 17.3 Å². The molecule has 2 heterocycles. The van der Waals surface area contributed by atoms with Crippen molar-refractivity contribution < 1.29 is 9.18 Å². The fourth-order valence-corrected chi connectivity index (χ4v) is 2.49. The van der Waals surface area contributed by atoms with Crippen LogP contribution in [0.15, 0.2) is 53.5 Å². The number of hydrogen-bond donors (Lipinski definition) is 1. The van der Waals surface area contributed by atoms with Crippen LogP contribution in [0.2, 0.25) is 0 Å². The maximum absolute atomic E-state index is 14.2. The van der Waals surface area contributed by atoms with Gasteiger partial charge in [-0.2, -0.15) is 5.10 Å². The van der Waals surface area contributed by atoms with Crippen molar-refractivity contribution >= 4 is 27.9 Å². The van der Waals surface area contributed by atoms with Crippen LogP contribution in [-0.2, 0) is 18.4 Å². The number of aryl methyl sites for hydroxylation is 1. The molecule has 1 N–H and O–H groups in total. The van der Waals surface area contributed by atoms with Crippen LogP contribution in [0.1, 0.15) is 11.4 Å². The number of nitrogens with zero attached hydrogens (tertiary/aromatic N) is 4. The van der Waals surface area contributed by atoms with Crippen LogP contribution in [0.5, 0.6) is 0 Å². The molecule has 3 rings (SSSR count). The minimum Gasteiger partial charge on any atom is -0.345 e. The largest absolute Gasteiger partial charge is 0.345 e. The van der Waals surface area contributed by atoms with Crippen LogP contribution in [0.25, 0.3) is 11.8 Å². The molecular weight excluding hydrogens is 389 g/mol. The Bertz CT molecular complexity index is 931. The molecule has 0 spiro atoms. The number of nitrogens with one attached hydrogen (secondary N) is 1. The van der Waals surface area contributed by atoms with Crippen LogP contribution < -0.4 is 5.32 Å². The number of carbonyl (C=O) groups is 1. The van der Waals surface area contributed by atoms with E-state index < -0.39 is 5.82 Å². The number of carbonyl (C=O) groups excluding carboxylic acids is 1. The lowest BCUT2D eigenvalue weighted by Gasteiger charge is -2.04. The summed E-state index contributed by atoms with van der Waals surface area (Å²) in [7, 11) is 1.85. The van der Waals surface area contributed by atoms with Crippen molar-refractivity contribution in [3.8, 4) is 5.69 Å². The van der Waals surface area contributed by atoms with Crippen molar-refractivity contribution in [1.82, 2.24) is 24.6 Å². The summed E-state index contributed by atoms with van der Waals surface area (Å²) in [5.74, 6) is 0.0530. The van der Waals surface area contributed by atoms with Gasteiger partial charge < -0.3 is 9.88 Å². The predicted molar refractivity (Wildman–Crippen MR) is 95.3 cm³/mol. The molecule has 0 radical (unpaired) electrons. The van der Waals surface area contributed by atoms with Gasteiger partial charge in [0.2, 0.25) is 5.91 Å². The van der Waals surface area contributed by atoms with E-state index in [1.54, 1.807) is 43.0 Å². The van der Waals surface area contributed by atoms with Crippen molar-refractivity contribution in [2.24, 2.45) is 7.05 Å². The van der Waals surface area contributed by atoms with Gasteiger partial charge in [-0.15, -0.1) is 0 Å². The maximum atomic E-state index is 14.2. The average Bonchev–Trinajstić information content (AvgIpc) is 3.19. The van der Waals surface area contributed by atoms with Crippen LogP contribution in [0.4, 0.5) is 4.39 Å². The van der Waals surface area contributed by atoms with Gasteiger partial charge >= 0.3 is 0 Å². The number of amides is 1. The third-order valence-electron chi connectivity index (χ3n) is 3.54. The van der Waals surface area contributed by atoms with E-state index in [2.05, 4.69) is 31.3 Å². The molecule has 0 saturated heterocycles. The molecule has 0 aliphatic heterocycles. The predicted octanol–water partition coefficient (Wildman–Crippen LogP) is 2.84. The van der Waals surface area contributed by atoms with Gasteiger partial charge in [0.05, 0.1) is 17.2 Å². The van der Waals surface area contributed by atoms with E-state index in [0.717, 1.165) is 10.3 Å². The van der Waals surface area contributed by atoms with Gasteiger partial charge in [0.25, 0.3) is 0 Å². The normalized spacial score (nSPS) is 11.2. The van der Waals surface area contributed by atoms with Crippen LogP contribution >= 0.6 is 15.9 Å². The highest BCUT2D eigenvalue weighted by molar-refractivity contribution is 9.10. The Morgan fingerprint density at radius 1 is 1.44 bits per heavy atom. The van der Waals surface area contributed by atoms with Crippen molar-refractivity contribution in [3.05, 3.63) is 70.7 Å². The highest BCUT2D eigenvalue weighted by Crippen LogP contribution is 2.17. The van der Waals surface area contributed by atoms with Gasteiger partial charge in [-0.05, 0) is 39.7 Å². The standard InChI is InChI=1S/C17H15BrFN5O/c1-23-7-6-20-16(23)10-21-17(25)5-3-12-2-4-15(14(19)8-12)24-11-13(18)9-22-24/h2-9,11H,10H2,1H3,(H,21,25)/b5-3+. The second-order valence-electron chi connectivity index (χ2n) is 5.32. The fraction of sp³-hybridized carbons (Fsp3) is 0.118. The summed E-state index contributed by atoms with van der Waals surface area (Å²) >= 11 is 3.28. The number of imidazole rings is 1. The smallest absolute Gasteiger partial charge is 0.244 e. The van der Waals surface area contributed by atoms with E-state index in [1.165, 1.54) is 16.8 Å². The van der Waals surface area contributed by atoms with Crippen LogP contribution in [-0.4, -0.2) is 25.2 Å². The van der Waals surface area contributed by atoms with Gasteiger partial charge in [0.15, 0.2) is 0 Å². The molecule has 2 aromatic heterocycles. The molecule has 0 aliphatic rings. The molecule has 0 fully saturated rings. The lowest BCUT2D eigenvalue weighted by atomic mass is 10.2. The summed E-state index contributed by atoms with van der Waals surface area (Å²) in [6, 6.07) is 4.68. The molecule has 128 valence electrons. The van der Waals surface area contributed by atoms with Crippen molar-refractivity contribution in [2.45, 2.75) is 6.54 Å². The first kappa shape index (κ1) is 17.1. The number of benzene rings is 1. The van der Waals surface area contributed by atoms with E-state index in [1.807, 2.05) is 11.6 Å². The summed E-state index contributed by atoms with van der Waals surface area (Å²) in [4.78, 5) is 16.0. The zero-order chi connectivity index (χ0) is 17.8. The Morgan fingerprint density at radius 3 is 2.92 bits per heavy atom. The number of rotatable bonds is 5. The lowest BCUT2D eigenvalue weighted by Crippen LogP contribution is -2.22. The molecule has 6 nitrogen and oxygen atoms in total. The van der Waals surface area contributed by atoms with Crippen LogP contribution in [0.3, 0.4) is 0 Å². The summed E-state index contributed by atoms with van der Waals surface area (Å²) in [5, 5.41) is 6.77. The molecule has 1 amide bonds. The molecule has 0 atom stereocenters. The number of halogens is 2. The minimum absolute atomic E-state index is 0.275. The molecule has 0 unspecified atom stereocenters. The summed E-state index contributed by atoms with van der Waals surface area (Å²) in [6.45, 7) is 0.328. The molecule has 3 aromatic rings. The molecule has 1 aromatic carbocycles. The van der Waals surface area contributed by atoms with E-state index in [-0.39, 0.29) is 5.91 Å². The number of hydrogen-bond acceptors (Lipinski definition) is 3. The Kier molecular flexibility index (Phi) is 5.08. The zero-order valence-corrected chi connectivity index (χ0v) is 14.9. The van der Waals surface area contributed by atoms with E-state index >= 15 is 0 Å². The second kappa shape index (κ2) is 7.43. The Balaban J connectivity index is 1.64. The Hall–Kier alpha value is -2.74. The minimum atomic E-state index is -0.425. The molecule has 0 saturated carbocycles. The Labute approximate surface area is 152 Å². The monoisotopic (exact) mass is 403 g/mol. The average molecular weight is 404 g/mol. The Morgan fingerprint density at radius 2 is 2.28 bits per heavy atom. The second-order valence-corrected chi connectivity index (χ2v) is 6.24. The van der Waals surface area contributed by atoms with Gasteiger partial charge in [0, 0.05) is 31.7 Å². The van der Waals surface area contributed by atoms with Gasteiger partial charge in [-0.3, -0.25) is 4.79 Å². The summed E-state index contributed by atoms with van der Waals surface area (Å²) in [6.07, 6.45) is 9.64.